The van der Waals surface area contributed by atoms with Gasteiger partial charge in [-0.25, -0.2) is 0 Å². The summed E-state index contributed by atoms with van der Waals surface area (Å²) in [6, 6.07) is 6.10. The Labute approximate surface area is 180 Å². The van der Waals surface area contributed by atoms with E-state index in [0.717, 1.165) is 5.56 Å². The molecule has 10 nitrogen and oxygen atoms in total. The number of carbonyl (C=O) groups is 4. The molecule has 0 saturated carbocycles. The van der Waals surface area contributed by atoms with E-state index in [1.807, 2.05) is 13.0 Å². The Morgan fingerprint density at radius 1 is 0.968 bits per heavy atom. The third kappa shape index (κ3) is 7.25. The maximum atomic E-state index is 11.9. The molecule has 0 unspecified atom stereocenters. The average Bonchev–Trinajstić information content (AvgIpc) is 2.64. The number of benzene rings is 1. The van der Waals surface area contributed by atoms with E-state index in [-0.39, 0.29) is 6.61 Å². The fraction of sp³-hybridized carbons (Fsp3) is 0.524. The Bertz CT molecular complexity index is 825. The van der Waals surface area contributed by atoms with Crippen LogP contribution >= 0.6 is 0 Å². The zero-order chi connectivity index (χ0) is 23.1. The third-order valence-electron chi connectivity index (χ3n) is 4.31. The molecule has 1 N–H and O–H groups in total. The number of amides is 1. The number of nitrogens with one attached hydrogen (secondary N) is 1. The van der Waals surface area contributed by atoms with Gasteiger partial charge in [-0.3, -0.25) is 19.2 Å². The molecule has 1 aromatic rings. The van der Waals surface area contributed by atoms with Crippen LogP contribution in [-0.4, -0.2) is 61.1 Å². The van der Waals surface area contributed by atoms with Crippen LogP contribution < -0.4 is 10.1 Å². The van der Waals surface area contributed by atoms with Crippen LogP contribution in [-0.2, 0) is 38.1 Å². The van der Waals surface area contributed by atoms with E-state index in [2.05, 4.69) is 5.32 Å². The van der Waals surface area contributed by atoms with Crippen LogP contribution in [0.1, 0.15) is 33.3 Å². The maximum Gasteiger partial charge on any atom is 0.303 e. The fourth-order valence-electron chi connectivity index (χ4n) is 3.21. The fourth-order valence-corrected chi connectivity index (χ4v) is 3.21. The minimum Gasteiger partial charge on any atom is -0.463 e. The summed E-state index contributed by atoms with van der Waals surface area (Å²) in [5, 5.41) is 2.65. The van der Waals surface area contributed by atoms with Gasteiger partial charge < -0.3 is 29.0 Å². The van der Waals surface area contributed by atoms with E-state index in [0.29, 0.717) is 5.75 Å². The summed E-state index contributed by atoms with van der Waals surface area (Å²) in [6.45, 7) is 6.45. The number of aryl methyl sites for hydroxylation is 1. The zero-order valence-corrected chi connectivity index (χ0v) is 18.1. The molecule has 1 heterocycles. The molecule has 0 aromatic heterocycles. The molecule has 170 valence electrons. The normalized spacial score (nSPS) is 25.1. The van der Waals surface area contributed by atoms with Gasteiger partial charge in [-0.2, -0.15) is 0 Å². The predicted octanol–water partition coefficient (Wildman–Crippen LogP) is 1.03. The molecular weight excluding hydrogens is 410 g/mol. The molecule has 1 aliphatic rings. The Kier molecular flexibility index (Phi) is 8.38. The summed E-state index contributed by atoms with van der Waals surface area (Å²) in [4.78, 5) is 46.8. The van der Waals surface area contributed by atoms with Crippen molar-refractivity contribution in [3.63, 3.8) is 0 Å². The lowest BCUT2D eigenvalue weighted by Gasteiger charge is -2.44. The van der Waals surface area contributed by atoms with Crippen molar-refractivity contribution < 1.29 is 42.9 Å². The Morgan fingerprint density at radius 2 is 1.61 bits per heavy atom. The molecule has 5 atom stereocenters. The van der Waals surface area contributed by atoms with Crippen LogP contribution in [0.5, 0.6) is 5.75 Å². The maximum absolute atomic E-state index is 11.9. The van der Waals surface area contributed by atoms with Crippen LogP contribution in [0, 0.1) is 6.92 Å². The molecular formula is C21H27NO9. The van der Waals surface area contributed by atoms with E-state index < -0.39 is 54.5 Å². The first-order valence-corrected chi connectivity index (χ1v) is 9.70. The van der Waals surface area contributed by atoms with Crippen molar-refractivity contribution in [1.29, 1.82) is 0 Å². The van der Waals surface area contributed by atoms with Gasteiger partial charge in [-0.15, -0.1) is 0 Å². The average molecular weight is 437 g/mol. The molecule has 0 spiro atoms. The summed E-state index contributed by atoms with van der Waals surface area (Å²) in [6.07, 6.45) is -4.47. The molecule has 0 bridgehead atoms. The van der Waals surface area contributed by atoms with Gasteiger partial charge in [0, 0.05) is 27.7 Å². The highest BCUT2D eigenvalue weighted by atomic mass is 16.7. The zero-order valence-electron chi connectivity index (χ0n) is 18.1. The lowest BCUT2D eigenvalue weighted by atomic mass is 9.96. The van der Waals surface area contributed by atoms with Crippen molar-refractivity contribution in [3.05, 3.63) is 29.8 Å². The number of hydrogen-bond acceptors (Lipinski definition) is 9. The van der Waals surface area contributed by atoms with Gasteiger partial charge in [0.1, 0.15) is 24.5 Å². The van der Waals surface area contributed by atoms with Crippen LogP contribution in [0.25, 0.3) is 0 Å². The monoisotopic (exact) mass is 437 g/mol. The number of rotatable bonds is 7. The summed E-state index contributed by atoms with van der Waals surface area (Å²) >= 11 is 0. The first kappa shape index (κ1) is 24.1. The number of ether oxygens (including phenoxy) is 5. The summed E-state index contributed by atoms with van der Waals surface area (Å²) in [5.41, 5.74) is 0.926. The van der Waals surface area contributed by atoms with Crippen LogP contribution in [0.4, 0.5) is 0 Å². The lowest BCUT2D eigenvalue weighted by Crippen LogP contribution is -2.67. The van der Waals surface area contributed by atoms with E-state index in [1.165, 1.54) is 27.7 Å². The van der Waals surface area contributed by atoms with Crippen molar-refractivity contribution in [3.8, 4) is 5.75 Å². The van der Waals surface area contributed by atoms with Gasteiger partial charge in [0.2, 0.25) is 12.2 Å². The highest BCUT2D eigenvalue weighted by Crippen LogP contribution is 2.29. The van der Waals surface area contributed by atoms with E-state index >= 15 is 0 Å². The molecule has 1 fully saturated rings. The quantitative estimate of drug-likeness (QED) is 0.491. The Morgan fingerprint density at radius 3 is 2.16 bits per heavy atom. The molecule has 0 radical (unpaired) electrons. The molecule has 10 heteroatoms. The first-order chi connectivity index (χ1) is 14.6. The second kappa shape index (κ2) is 10.8. The van der Waals surface area contributed by atoms with Crippen molar-refractivity contribution in [2.24, 2.45) is 0 Å². The number of carbonyl (C=O) groups excluding carboxylic acids is 4. The minimum atomic E-state index is -1.16. The molecule has 1 amide bonds. The molecule has 1 aliphatic heterocycles. The summed E-state index contributed by atoms with van der Waals surface area (Å²) in [5.74, 6) is -1.91. The molecule has 1 aromatic carbocycles. The highest BCUT2D eigenvalue weighted by Gasteiger charge is 2.51. The lowest BCUT2D eigenvalue weighted by molar-refractivity contribution is -0.257. The van der Waals surface area contributed by atoms with Gasteiger partial charge in [-0.1, -0.05) is 12.1 Å². The van der Waals surface area contributed by atoms with Crippen molar-refractivity contribution in [1.82, 2.24) is 5.32 Å². The predicted molar refractivity (Wildman–Crippen MR) is 106 cm³/mol. The van der Waals surface area contributed by atoms with E-state index in [9.17, 15) is 19.2 Å². The minimum absolute atomic E-state index is 0.286. The van der Waals surface area contributed by atoms with Crippen molar-refractivity contribution >= 4 is 23.8 Å². The van der Waals surface area contributed by atoms with Crippen molar-refractivity contribution in [2.75, 3.05) is 6.61 Å². The standard InChI is InChI=1S/C21H27NO9/c1-11-7-6-8-16(9-11)30-21-18(22-12(2)23)20(29-15(5)26)19(28-14(4)25)17(31-21)10-27-13(3)24/h6-9,17-21H,10H2,1-5H3,(H,22,23)/t17-,18-,19+,20+,21+/m0/s1. The second-order valence-corrected chi connectivity index (χ2v) is 7.15. The van der Waals surface area contributed by atoms with E-state index in [4.69, 9.17) is 23.7 Å². The Balaban J connectivity index is 2.44. The van der Waals surface area contributed by atoms with Gasteiger partial charge >= 0.3 is 17.9 Å². The third-order valence-corrected chi connectivity index (χ3v) is 4.31. The molecule has 31 heavy (non-hydrogen) atoms. The van der Waals surface area contributed by atoms with Gasteiger partial charge in [0.15, 0.2) is 12.2 Å². The smallest absolute Gasteiger partial charge is 0.303 e. The SMILES string of the molecule is CC(=O)N[C@@H]1[C@H](Oc2cccc(C)c2)O[C@@H](COC(C)=O)[C@@H](OC(C)=O)[C@@H]1OC(C)=O. The molecule has 1 saturated heterocycles. The van der Waals surface area contributed by atoms with Crippen LogP contribution in [0.3, 0.4) is 0 Å². The van der Waals surface area contributed by atoms with Gasteiger partial charge in [0.25, 0.3) is 0 Å². The topological polar surface area (TPSA) is 126 Å². The number of hydrogen-bond donors (Lipinski definition) is 1. The van der Waals surface area contributed by atoms with Gasteiger partial charge in [0.05, 0.1) is 0 Å². The Hall–Kier alpha value is -3.14. The van der Waals surface area contributed by atoms with Crippen LogP contribution in [0.15, 0.2) is 24.3 Å². The van der Waals surface area contributed by atoms with Gasteiger partial charge in [-0.05, 0) is 24.6 Å². The second-order valence-electron chi connectivity index (χ2n) is 7.15. The molecule has 2 rings (SSSR count). The summed E-state index contributed by atoms with van der Waals surface area (Å²) < 4.78 is 27.7. The van der Waals surface area contributed by atoms with Crippen LogP contribution in [0.2, 0.25) is 0 Å². The first-order valence-electron chi connectivity index (χ1n) is 9.70. The molecule has 0 aliphatic carbocycles. The van der Waals surface area contributed by atoms with Crippen molar-refractivity contribution in [2.45, 2.75) is 65.3 Å². The highest BCUT2D eigenvalue weighted by molar-refractivity contribution is 5.73. The summed E-state index contributed by atoms with van der Waals surface area (Å²) in [7, 11) is 0. The van der Waals surface area contributed by atoms with E-state index in [1.54, 1.807) is 18.2 Å². The number of esters is 3. The largest absolute Gasteiger partial charge is 0.463 e.